The third-order valence-electron chi connectivity index (χ3n) is 4.59. The van der Waals surface area contributed by atoms with Crippen LogP contribution in [-0.4, -0.2) is 65.9 Å². The summed E-state index contributed by atoms with van der Waals surface area (Å²) in [7, 11) is 1.62. The standard InChI is InChI=1S/C18H23N5O2S2/c1-12-4-5-14(10-13(12)2)16(25)22-6-8-23(9-7-22)17-20-21-18(27-17)26-11-15(24)19-3/h4-5,10H,6-9,11H2,1-3H3,(H,19,24). The average Bonchev–Trinajstić information content (AvgIpc) is 3.17. The fourth-order valence-corrected chi connectivity index (χ4v) is 4.51. The molecule has 144 valence electrons. The highest BCUT2D eigenvalue weighted by Gasteiger charge is 2.24. The zero-order chi connectivity index (χ0) is 19.4. The minimum Gasteiger partial charge on any atom is -0.358 e. The van der Waals surface area contributed by atoms with Gasteiger partial charge >= 0.3 is 0 Å². The summed E-state index contributed by atoms with van der Waals surface area (Å²) < 4.78 is 0.780. The fraction of sp³-hybridized carbons (Fsp3) is 0.444. The largest absolute Gasteiger partial charge is 0.358 e. The van der Waals surface area contributed by atoms with Gasteiger partial charge in [0.15, 0.2) is 4.34 Å². The molecule has 1 fully saturated rings. The second-order valence-electron chi connectivity index (χ2n) is 6.39. The summed E-state index contributed by atoms with van der Waals surface area (Å²) in [5.74, 6) is 0.385. The maximum atomic E-state index is 12.7. The monoisotopic (exact) mass is 405 g/mol. The van der Waals surface area contributed by atoms with E-state index in [4.69, 9.17) is 0 Å². The zero-order valence-electron chi connectivity index (χ0n) is 15.7. The van der Waals surface area contributed by atoms with Crippen LogP contribution in [0.3, 0.4) is 0 Å². The van der Waals surface area contributed by atoms with E-state index in [0.717, 1.165) is 33.7 Å². The number of nitrogens with zero attached hydrogens (tertiary/aromatic N) is 4. The Balaban J connectivity index is 1.55. The van der Waals surface area contributed by atoms with Gasteiger partial charge in [0.25, 0.3) is 5.91 Å². The molecule has 0 spiro atoms. The third-order valence-corrected chi connectivity index (χ3v) is 6.71. The van der Waals surface area contributed by atoms with Gasteiger partial charge in [0.2, 0.25) is 11.0 Å². The van der Waals surface area contributed by atoms with Crippen molar-refractivity contribution >= 4 is 40.0 Å². The zero-order valence-corrected chi connectivity index (χ0v) is 17.3. The summed E-state index contributed by atoms with van der Waals surface area (Å²) in [5.41, 5.74) is 3.07. The summed E-state index contributed by atoms with van der Waals surface area (Å²) in [6.45, 7) is 6.85. The number of anilines is 1. The maximum absolute atomic E-state index is 12.7. The Bertz CT molecular complexity index is 831. The highest BCUT2D eigenvalue weighted by Crippen LogP contribution is 2.28. The molecule has 0 atom stereocenters. The topological polar surface area (TPSA) is 78.4 Å². The number of aromatic nitrogens is 2. The Morgan fingerprint density at radius 2 is 1.89 bits per heavy atom. The lowest BCUT2D eigenvalue weighted by atomic mass is 10.1. The second kappa shape index (κ2) is 8.71. The number of piperazine rings is 1. The van der Waals surface area contributed by atoms with Gasteiger partial charge in [-0.15, -0.1) is 10.2 Å². The first-order valence-corrected chi connectivity index (χ1v) is 10.6. The van der Waals surface area contributed by atoms with Crippen LogP contribution in [0.2, 0.25) is 0 Å². The van der Waals surface area contributed by atoms with E-state index in [2.05, 4.69) is 20.4 Å². The number of hydrogen-bond acceptors (Lipinski definition) is 7. The van der Waals surface area contributed by atoms with E-state index in [1.165, 1.54) is 28.7 Å². The van der Waals surface area contributed by atoms with Crippen LogP contribution in [-0.2, 0) is 4.79 Å². The van der Waals surface area contributed by atoms with Crippen molar-refractivity contribution in [3.05, 3.63) is 34.9 Å². The molecule has 0 bridgehead atoms. The van der Waals surface area contributed by atoms with Gasteiger partial charge in [0, 0.05) is 38.8 Å². The quantitative estimate of drug-likeness (QED) is 0.766. The summed E-state index contributed by atoms with van der Waals surface area (Å²) >= 11 is 2.87. The molecule has 1 aromatic carbocycles. The molecule has 0 unspecified atom stereocenters. The molecule has 2 aromatic rings. The van der Waals surface area contributed by atoms with E-state index in [9.17, 15) is 9.59 Å². The molecule has 1 aromatic heterocycles. The fourth-order valence-electron chi connectivity index (χ4n) is 2.75. The van der Waals surface area contributed by atoms with Crippen LogP contribution in [0.25, 0.3) is 0 Å². The van der Waals surface area contributed by atoms with Crippen molar-refractivity contribution in [2.24, 2.45) is 0 Å². The molecule has 2 heterocycles. The van der Waals surface area contributed by atoms with E-state index >= 15 is 0 Å². The van der Waals surface area contributed by atoms with Crippen molar-refractivity contribution in [2.75, 3.05) is 43.9 Å². The number of nitrogens with one attached hydrogen (secondary N) is 1. The Morgan fingerprint density at radius 1 is 1.15 bits per heavy atom. The molecule has 0 radical (unpaired) electrons. The highest BCUT2D eigenvalue weighted by molar-refractivity contribution is 8.01. The van der Waals surface area contributed by atoms with Gasteiger partial charge in [-0.1, -0.05) is 29.2 Å². The van der Waals surface area contributed by atoms with Crippen LogP contribution in [0.5, 0.6) is 0 Å². The van der Waals surface area contributed by atoms with E-state index in [-0.39, 0.29) is 11.8 Å². The van der Waals surface area contributed by atoms with Crippen LogP contribution in [0.15, 0.2) is 22.5 Å². The minimum absolute atomic E-state index is 0.0322. The first-order chi connectivity index (χ1) is 13.0. The van der Waals surface area contributed by atoms with Gasteiger partial charge in [-0.25, -0.2) is 0 Å². The first-order valence-electron chi connectivity index (χ1n) is 8.76. The summed E-state index contributed by atoms with van der Waals surface area (Å²) in [6, 6.07) is 5.86. The smallest absolute Gasteiger partial charge is 0.253 e. The minimum atomic E-state index is -0.0322. The molecular weight excluding hydrogens is 382 g/mol. The molecular formula is C18H23N5O2S2. The molecule has 7 nitrogen and oxygen atoms in total. The number of thioether (sulfide) groups is 1. The Labute approximate surface area is 167 Å². The van der Waals surface area contributed by atoms with Gasteiger partial charge in [-0.05, 0) is 37.1 Å². The van der Waals surface area contributed by atoms with Crippen molar-refractivity contribution in [1.82, 2.24) is 20.4 Å². The number of hydrogen-bond donors (Lipinski definition) is 1. The van der Waals surface area contributed by atoms with E-state index in [1.54, 1.807) is 7.05 Å². The molecule has 2 amide bonds. The van der Waals surface area contributed by atoms with Gasteiger partial charge in [0.05, 0.1) is 5.75 Å². The highest BCUT2D eigenvalue weighted by atomic mass is 32.2. The molecule has 27 heavy (non-hydrogen) atoms. The number of amides is 2. The van der Waals surface area contributed by atoms with Crippen molar-refractivity contribution < 1.29 is 9.59 Å². The summed E-state index contributed by atoms with van der Waals surface area (Å²) in [4.78, 5) is 28.1. The van der Waals surface area contributed by atoms with Gasteiger partial charge in [-0.3, -0.25) is 9.59 Å². The molecule has 0 saturated carbocycles. The molecule has 9 heteroatoms. The molecule has 1 saturated heterocycles. The van der Waals surface area contributed by atoms with E-state index in [0.29, 0.717) is 18.8 Å². The predicted molar refractivity (Wildman–Crippen MR) is 109 cm³/mol. The third kappa shape index (κ3) is 4.78. The van der Waals surface area contributed by atoms with E-state index in [1.807, 2.05) is 36.9 Å². The molecule has 1 aliphatic rings. The maximum Gasteiger partial charge on any atom is 0.253 e. The predicted octanol–water partition coefficient (Wildman–Crippen LogP) is 1.96. The molecule has 0 aliphatic carbocycles. The van der Waals surface area contributed by atoms with Gasteiger partial charge in [0.1, 0.15) is 0 Å². The van der Waals surface area contributed by atoms with Crippen LogP contribution in [0, 0.1) is 13.8 Å². The van der Waals surface area contributed by atoms with Crippen molar-refractivity contribution in [3.8, 4) is 0 Å². The van der Waals surface area contributed by atoms with Crippen LogP contribution in [0.4, 0.5) is 5.13 Å². The lowest BCUT2D eigenvalue weighted by Gasteiger charge is -2.34. The van der Waals surface area contributed by atoms with Crippen molar-refractivity contribution in [2.45, 2.75) is 18.2 Å². The van der Waals surface area contributed by atoms with Gasteiger partial charge < -0.3 is 15.1 Å². The number of aryl methyl sites for hydroxylation is 2. The van der Waals surface area contributed by atoms with Crippen LogP contribution in [0.1, 0.15) is 21.5 Å². The first kappa shape index (κ1) is 19.6. The summed E-state index contributed by atoms with van der Waals surface area (Å²) in [5, 5.41) is 11.8. The average molecular weight is 406 g/mol. The second-order valence-corrected chi connectivity index (χ2v) is 8.57. The number of carbonyl (C=O) groups excluding carboxylic acids is 2. The van der Waals surface area contributed by atoms with Crippen molar-refractivity contribution in [1.29, 1.82) is 0 Å². The van der Waals surface area contributed by atoms with Crippen LogP contribution >= 0.6 is 23.1 Å². The summed E-state index contributed by atoms with van der Waals surface area (Å²) in [6.07, 6.45) is 0. The Kier molecular flexibility index (Phi) is 6.33. The van der Waals surface area contributed by atoms with Crippen LogP contribution < -0.4 is 10.2 Å². The number of rotatable bonds is 5. The SMILES string of the molecule is CNC(=O)CSc1nnc(N2CCN(C(=O)c3ccc(C)c(C)c3)CC2)s1. The Morgan fingerprint density at radius 3 is 2.56 bits per heavy atom. The molecule has 3 rings (SSSR count). The number of benzene rings is 1. The van der Waals surface area contributed by atoms with Gasteiger partial charge in [-0.2, -0.15) is 0 Å². The van der Waals surface area contributed by atoms with E-state index < -0.39 is 0 Å². The lowest BCUT2D eigenvalue weighted by Crippen LogP contribution is -2.48. The van der Waals surface area contributed by atoms with Crippen molar-refractivity contribution in [3.63, 3.8) is 0 Å². The molecule has 1 aliphatic heterocycles. The normalized spacial score (nSPS) is 14.3. The Hall–Kier alpha value is -2.13. The lowest BCUT2D eigenvalue weighted by molar-refractivity contribution is -0.118. The molecule has 1 N–H and O–H groups in total. The number of carbonyl (C=O) groups is 2.